The van der Waals surface area contributed by atoms with Gasteiger partial charge in [-0.1, -0.05) is 42.4 Å². The molecule has 0 atom stereocenters. The molecule has 0 unspecified atom stereocenters. The molecule has 1 N–H and O–H groups in total. The largest absolute Gasteiger partial charge is 0.455 e. The summed E-state index contributed by atoms with van der Waals surface area (Å²) in [5.41, 5.74) is 0. The molecule has 10 heteroatoms. The van der Waals surface area contributed by atoms with Gasteiger partial charge in [0.15, 0.2) is 10.9 Å². The van der Waals surface area contributed by atoms with E-state index in [1.165, 1.54) is 42.4 Å². The quantitative estimate of drug-likeness (QED) is 0.550. The molecule has 2 fully saturated rings. The van der Waals surface area contributed by atoms with Gasteiger partial charge in [-0.25, -0.2) is 0 Å². The van der Waals surface area contributed by atoms with E-state index in [1.54, 1.807) is 0 Å². The number of hydrogen-bond acceptors (Lipinski definition) is 9. The maximum absolute atomic E-state index is 11.8. The van der Waals surface area contributed by atoms with Crippen molar-refractivity contribution in [2.24, 2.45) is 0 Å². The maximum atomic E-state index is 11.8. The van der Waals surface area contributed by atoms with Crippen molar-refractivity contribution in [3.05, 3.63) is 0 Å². The molecular weight excluding hydrogens is 376 g/mol. The number of imide groups is 1. The van der Waals surface area contributed by atoms with Crippen LogP contribution in [0.4, 0.5) is 5.13 Å². The van der Waals surface area contributed by atoms with Crippen molar-refractivity contribution in [3.8, 4) is 0 Å². The fraction of sp³-hybridized carbons (Fsp3) is 0.688. The highest BCUT2D eigenvalue weighted by molar-refractivity contribution is 8.01. The molecule has 1 aromatic heterocycles. The fourth-order valence-corrected chi connectivity index (χ4v) is 4.67. The van der Waals surface area contributed by atoms with Crippen LogP contribution >= 0.6 is 23.1 Å². The molecular formula is C16H22N4O4S2. The first-order valence-corrected chi connectivity index (χ1v) is 10.6. The lowest BCUT2D eigenvalue weighted by molar-refractivity contribution is -0.153. The Kier molecular flexibility index (Phi) is 6.84. The van der Waals surface area contributed by atoms with E-state index in [9.17, 15) is 14.4 Å². The average Bonchev–Trinajstić information content (AvgIpc) is 3.27. The first kappa shape index (κ1) is 19.1. The number of rotatable bonds is 7. The summed E-state index contributed by atoms with van der Waals surface area (Å²) < 4.78 is 5.63. The van der Waals surface area contributed by atoms with Gasteiger partial charge in [0.05, 0.1) is 5.75 Å². The van der Waals surface area contributed by atoms with Gasteiger partial charge in [-0.2, -0.15) is 0 Å². The van der Waals surface area contributed by atoms with Crippen LogP contribution in [-0.4, -0.2) is 57.8 Å². The van der Waals surface area contributed by atoms with Gasteiger partial charge in [-0.15, -0.1) is 10.2 Å². The second-order valence-electron chi connectivity index (χ2n) is 6.34. The van der Waals surface area contributed by atoms with Crippen molar-refractivity contribution in [1.82, 2.24) is 15.1 Å². The molecule has 1 saturated heterocycles. The Morgan fingerprint density at radius 2 is 2.04 bits per heavy atom. The number of aromatic nitrogens is 2. The number of carbonyl (C=O) groups excluding carboxylic acids is 3. The van der Waals surface area contributed by atoms with E-state index in [0.717, 1.165) is 22.9 Å². The lowest BCUT2D eigenvalue weighted by Crippen LogP contribution is -2.35. The molecule has 2 amide bonds. The summed E-state index contributed by atoms with van der Waals surface area (Å²) in [6.07, 6.45) is 7.14. The van der Waals surface area contributed by atoms with E-state index in [-0.39, 0.29) is 11.7 Å². The van der Waals surface area contributed by atoms with E-state index in [0.29, 0.717) is 29.8 Å². The van der Waals surface area contributed by atoms with Crippen molar-refractivity contribution in [1.29, 1.82) is 0 Å². The predicted octanol–water partition coefficient (Wildman–Crippen LogP) is 2.07. The maximum Gasteiger partial charge on any atom is 0.316 e. The SMILES string of the molecule is O=C(CSc1nnc(NC2CCCCC2)s1)OCC(=O)N1CCCC1=O. The van der Waals surface area contributed by atoms with Gasteiger partial charge in [0.1, 0.15) is 0 Å². The molecule has 26 heavy (non-hydrogen) atoms. The van der Waals surface area contributed by atoms with Crippen LogP contribution in [0.5, 0.6) is 0 Å². The number of likely N-dealkylation sites (tertiary alicyclic amines) is 1. The van der Waals surface area contributed by atoms with Crippen LogP contribution in [0.2, 0.25) is 0 Å². The van der Waals surface area contributed by atoms with Crippen molar-refractivity contribution in [3.63, 3.8) is 0 Å². The molecule has 2 aliphatic rings. The van der Waals surface area contributed by atoms with Crippen LogP contribution in [0.15, 0.2) is 4.34 Å². The molecule has 0 spiro atoms. The summed E-state index contributed by atoms with van der Waals surface area (Å²) >= 11 is 2.65. The number of nitrogens with zero attached hydrogens (tertiary/aromatic N) is 3. The summed E-state index contributed by atoms with van der Waals surface area (Å²) in [5, 5.41) is 12.3. The molecule has 1 aromatic rings. The number of hydrogen-bond donors (Lipinski definition) is 1. The Labute approximate surface area is 160 Å². The van der Waals surface area contributed by atoms with E-state index in [2.05, 4.69) is 15.5 Å². The Morgan fingerprint density at radius 3 is 2.77 bits per heavy atom. The van der Waals surface area contributed by atoms with Gasteiger partial charge in [0, 0.05) is 19.0 Å². The van der Waals surface area contributed by atoms with E-state index >= 15 is 0 Å². The van der Waals surface area contributed by atoms with Crippen LogP contribution in [-0.2, 0) is 19.1 Å². The minimum atomic E-state index is -0.507. The minimum absolute atomic E-state index is 0.0548. The Balaban J connectivity index is 1.36. The third-order valence-electron chi connectivity index (χ3n) is 4.38. The number of anilines is 1. The lowest BCUT2D eigenvalue weighted by Gasteiger charge is -2.21. The highest BCUT2D eigenvalue weighted by atomic mass is 32.2. The lowest BCUT2D eigenvalue weighted by atomic mass is 9.96. The van der Waals surface area contributed by atoms with Gasteiger partial charge in [-0.3, -0.25) is 19.3 Å². The number of ether oxygens (including phenoxy) is 1. The van der Waals surface area contributed by atoms with Gasteiger partial charge in [0.2, 0.25) is 11.0 Å². The zero-order valence-electron chi connectivity index (χ0n) is 14.4. The molecule has 1 saturated carbocycles. The van der Waals surface area contributed by atoms with E-state index in [1.807, 2.05) is 0 Å². The van der Waals surface area contributed by atoms with Crippen molar-refractivity contribution < 1.29 is 19.1 Å². The van der Waals surface area contributed by atoms with E-state index in [4.69, 9.17) is 4.74 Å². The number of esters is 1. The summed E-state index contributed by atoms with van der Waals surface area (Å²) in [4.78, 5) is 36.2. The third-order valence-corrected chi connectivity index (χ3v) is 6.35. The Morgan fingerprint density at radius 1 is 1.23 bits per heavy atom. The average molecular weight is 399 g/mol. The van der Waals surface area contributed by atoms with Crippen LogP contribution in [0.1, 0.15) is 44.9 Å². The minimum Gasteiger partial charge on any atom is -0.455 e. The topological polar surface area (TPSA) is 101 Å². The summed E-state index contributed by atoms with van der Waals surface area (Å²) in [6.45, 7) is 0.0151. The Bertz CT molecular complexity index is 660. The zero-order valence-corrected chi connectivity index (χ0v) is 16.1. The summed E-state index contributed by atoms with van der Waals surface area (Å²) in [7, 11) is 0. The molecule has 1 aliphatic carbocycles. The molecule has 0 radical (unpaired) electrons. The van der Waals surface area contributed by atoms with Gasteiger partial charge in [0.25, 0.3) is 5.91 Å². The summed E-state index contributed by atoms with van der Waals surface area (Å²) in [6, 6.07) is 0.457. The molecule has 0 aromatic carbocycles. The predicted molar refractivity (Wildman–Crippen MR) is 98.0 cm³/mol. The number of thioether (sulfide) groups is 1. The second-order valence-corrected chi connectivity index (χ2v) is 8.54. The number of carbonyl (C=O) groups is 3. The van der Waals surface area contributed by atoms with Crippen LogP contribution in [0, 0.1) is 0 Å². The smallest absolute Gasteiger partial charge is 0.316 e. The van der Waals surface area contributed by atoms with Crippen LogP contribution in [0.25, 0.3) is 0 Å². The highest BCUT2D eigenvalue weighted by Gasteiger charge is 2.27. The number of nitrogens with one attached hydrogen (secondary N) is 1. The van der Waals surface area contributed by atoms with Crippen molar-refractivity contribution in [2.75, 3.05) is 24.2 Å². The van der Waals surface area contributed by atoms with Gasteiger partial charge in [-0.05, 0) is 19.3 Å². The van der Waals surface area contributed by atoms with Gasteiger partial charge >= 0.3 is 5.97 Å². The Hall–Kier alpha value is -1.68. The molecule has 2 heterocycles. The van der Waals surface area contributed by atoms with Crippen LogP contribution < -0.4 is 5.32 Å². The first-order chi connectivity index (χ1) is 12.6. The molecule has 1 aliphatic heterocycles. The summed E-state index contributed by atoms with van der Waals surface area (Å²) in [5.74, 6) is -1.11. The zero-order chi connectivity index (χ0) is 18.4. The molecule has 8 nitrogen and oxygen atoms in total. The molecule has 0 bridgehead atoms. The van der Waals surface area contributed by atoms with Crippen molar-refractivity contribution >= 4 is 46.0 Å². The second kappa shape index (κ2) is 9.31. The first-order valence-electron chi connectivity index (χ1n) is 8.83. The third kappa shape index (κ3) is 5.41. The molecule has 142 valence electrons. The van der Waals surface area contributed by atoms with Crippen molar-refractivity contribution in [2.45, 2.75) is 55.3 Å². The molecule has 3 rings (SSSR count). The fourth-order valence-electron chi connectivity index (χ4n) is 3.04. The highest BCUT2D eigenvalue weighted by Crippen LogP contribution is 2.28. The standard InChI is InChI=1S/C16H22N4O4S2/c21-12-7-4-8-20(12)13(22)9-24-14(23)10-25-16-19-18-15(26-16)17-11-5-2-1-3-6-11/h11H,1-10H2,(H,17,18). The van der Waals surface area contributed by atoms with E-state index < -0.39 is 18.5 Å². The number of amides is 2. The normalized spacial score (nSPS) is 18.2. The van der Waals surface area contributed by atoms with Gasteiger partial charge < -0.3 is 10.1 Å². The van der Waals surface area contributed by atoms with Crippen LogP contribution in [0.3, 0.4) is 0 Å². The monoisotopic (exact) mass is 398 g/mol.